The summed E-state index contributed by atoms with van der Waals surface area (Å²) in [4.78, 5) is 11.0. The van der Waals surface area contributed by atoms with Crippen molar-refractivity contribution in [3.8, 4) is 5.75 Å². The van der Waals surface area contributed by atoms with Crippen LogP contribution in [0, 0.1) is 5.82 Å². The normalized spacial score (nSPS) is 10.1. The van der Waals surface area contributed by atoms with E-state index in [1.54, 1.807) is 19.1 Å². The average molecular weight is 305 g/mol. The minimum Gasteiger partial charge on any atom is -0.493 e. The van der Waals surface area contributed by atoms with E-state index in [1.165, 1.54) is 6.07 Å². The molecule has 0 heterocycles. The Labute approximate surface area is 108 Å². The third-order valence-corrected chi connectivity index (χ3v) is 2.63. The van der Waals surface area contributed by atoms with Gasteiger partial charge in [0.15, 0.2) is 0 Å². The molecule has 94 valence electrons. The number of ether oxygens (including phenoxy) is 2. The highest BCUT2D eigenvalue weighted by molar-refractivity contribution is 9.10. The van der Waals surface area contributed by atoms with Crippen LogP contribution in [0.2, 0.25) is 0 Å². The predicted molar refractivity (Wildman–Crippen MR) is 65.5 cm³/mol. The second-order valence-electron chi connectivity index (χ2n) is 3.33. The molecule has 0 atom stereocenters. The zero-order chi connectivity index (χ0) is 12.7. The lowest BCUT2D eigenvalue weighted by Crippen LogP contribution is -2.06. The molecule has 1 aromatic carbocycles. The Balaban J connectivity index is 2.26. The number of esters is 1. The van der Waals surface area contributed by atoms with Gasteiger partial charge in [-0.15, -0.1) is 0 Å². The largest absolute Gasteiger partial charge is 0.493 e. The van der Waals surface area contributed by atoms with Gasteiger partial charge in [0.2, 0.25) is 0 Å². The number of carbonyl (C=O) groups excluding carboxylic acids is 1. The highest BCUT2D eigenvalue weighted by atomic mass is 79.9. The first-order valence-corrected chi connectivity index (χ1v) is 6.16. The van der Waals surface area contributed by atoms with Gasteiger partial charge in [0.1, 0.15) is 11.6 Å². The van der Waals surface area contributed by atoms with Crippen molar-refractivity contribution in [3.63, 3.8) is 0 Å². The van der Waals surface area contributed by atoms with E-state index in [0.29, 0.717) is 36.3 Å². The van der Waals surface area contributed by atoms with E-state index < -0.39 is 0 Å². The van der Waals surface area contributed by atoms with Crippen LogP contribution in [0.15, 0.2) is 22.7 Å². The first kappa shape index (κ1) is 14.0. The maximum absolute atomic E-state index is 13.1. The van der Waals surface area contributed by atoms with Crippen molar-refractivity contribution in [2.24, 2.45) is 0 Å². The zero-order valence-corrected chi connectivity index (χ0v) is 11.1. The summed E-state index contributed by atoms with van der Waals surface area (Å²) in [5.41, 5.74) is 0. The Hall–Kier alpha value is -1.10. The van der Waals surface area contributed by atoms with Crippen molar-refractivity contribution in [2.45, 2.75) is 19.8 Å². The highest BCUT2D eigenvalue weighted by Crippen LogP contribution is 2.20. The van der Waals surface area contributed by atoms with Gasteiger partial charge in [0.05, 0.1) is 17.7 Å². The SMILES string of the molecule is CCOC(=O)CCCOc1ccc(Br)c(F)c1. The van der Waals surface area contributed by atoms with E-state index >= 15 is 0 Å². The summed E-state index contributed by atoms with van der Waals surface area (Å²) in [6.45, 7) is 2.51. The summed E-state index contributed by atoms with van der Waals surface area (Å²) < 4.78 is 23.6. The molecule has 0 unspecified atom stereocenters. The van der Waals surface area contributed by atoms with Crippen molar-refractivity contribution in [3.05, 3.63) is 28.5 Å². The summed E-state index contributed by atoms with van der Waals surface area (Å²) in [6, 6.07) is 4.54. The highest BCUT2D eigenvalue weighted by Gasteiger charge is 2.03. The molecular formula is C12H14BrFO3. The van der Waals surface area contributed by atoms with Crippen LogP contribution in [-0.2, 0) is 9.53 Å². The van der Waals surface area contributed by atoms with Gasteiger partial charge in [-0.3, -0.25) is 4.79 Å². The van der Waals surface area contributed by atoms with E-state index in [9.17, 15) is 9.18 Å². The number of halogens is 2. The van der Waals surface area contributed by atoms with E-state index in [2.05, 4.69) is 15.9 Å². The second-order valence-corrected chi connectivity index (χ2v) is 4.19. The van der Waals surface area contributed by atoms with Crippen molar-refractivity contribution in [2.75, 3.05) is 13.2 Å². The first-order valence-electron chi connectivity index (χ1n) is 5.37. The summed E-state index contributed by atoms with van der Waals surface area (Å²) >= 11 is 3.06. The first-order chi connectivity index (χ1) is 8.13. The van der Waals surface area contributed by atoms with Gasteiger partial charge in [0, 0.05) is 12.5 Å². The molecule has 1 rings (SSSR count). The maximum atomic E-state index is 13.1. The molecule has 1 aromatic rings. The summed E-state index contributed by atoms with van der Waals surface area (Å²) in [6.07, 6.45) is 0.864. The molecule has 0 saturated carbocycles. The topological polar surface area (TPSA) is 35.5 Å². The van der Waals surface area contributed by atoms with Crippen LogP contribution in [0.1, 0.15) is 19.8 Å². The van der Waals surface area contributed by atoms with Crippen LogP contribution in [0.3, 0.4) is 0 Å². The number of hydrogen-bond acceptors (Lipinski definition) is 3. The van der Waals surface area contributed by atoms with E-state index in [1.807, 2.05) is 0 Å². The number of carbonyl (C=O) groups is 1. The van der Waals surface area contributed by atoms with Crippen LogP contribution < -0.4 is 4.74 Å². The monoisotopic (exact) mass is 304 g/mol. The van der Waals surface area contributed by atoms with E-state index in [0.717, 1.165) is 0 Å². The molecule has 0 spiro atoms. The van der Waals surface area contributed by atoms with Gasteiger partial charge in [-0.05, 0) is 41.4 Å². The fraction of sp³-hybridized carbons (Fsp3) is 0.417. The number of rotatable bonds is 6. The fourth-order valence-electron chi connectivity index (χ4n) is 1.21. The van der Waals surface area contributed by atoms with Gasteiger partial charge in [0.25, 0.3) is 0 Å². The lowest BCUT2D eigenvalue weighted by molar-refractivity contribution is -0.143. The van der Waals surface area contributed by atoms with Crippen LogP contribution in [0.25, 0.3) is 0 Å². The number of hydrogen-bond donors (Lipinski definition) is 0. The molecule has 5 heteroatoms. The molecular weight excluding hydrogens is 291 g/mol. The quantitative estimate of drug-likeness (QED) is 0.597. The van der Waals surface area contributed by atoms with Gasteiger partial charge >= 0.3 is 5.97 Å². The van der Waals surface area contributed by atoms with Gasteiger partial charge in [-0.1, -0.05) is 0 Å². The van der Waals surface area contributed by atoms with Crippen molar-refractivity contribution >= 4 is 21.9 Å². The van der Waals surface area contributed by atoms with E-state index in [-0.39, 0.29) is 11.8 Å². The molecule has 0 radical (unpaired) electrons. The van der Waals surface area contributed by atoms with Gasteiger partial charge in [-0.25, -0.2) is 4.39 Å². The van der Waals surface area contributed by atoms with Crippen LogP contribution in [0.5, 0.6) is 5.75 Å². The molecule has 0 amide bonds. The van der Waals surface area contributed by atoms with Crippen molar-refractivity contribution in [1.29, 1.82) is 0 Å². The minimum absolute atomic E-state index is 0.238. The second kappa shape index (κ2) is 7.27. The molecule has 0 saturated heterocycles. The Kier molecular flexibility index (Phi) is 5.97. The van der Waals surface area contributed by atoms with E-state index in [4.69, 9.17) is 9.47 Å². The Bertz CT molecular complexity index is 382. The third kappa shape index (κ3) is 5.17. The molecule has 3 nitrogen and oxygen atoms in total. The van der Waals surface area contributed by atoms with Crippen LogP contribution >= 0.6 is 15.9 Å². The van der Waals surface area contributed by atoms with Crippen LogP contribution in [-0.4, -0.2) is 19.2 Å². The average Bonchev–Trinajstić information content (AvgIpc) is 2.29. The molecule has 0 aliphatic carbocycles. The van der Waals surface area contributed by atoms with Crippen molar-refractivity contribution < 1.29 is 18.7 Å². The molecule has 0 N–H and O–H groups in total. The fourth-order valence-corrected chi connectivity index (χ4v) is 1.45. The molecule has 17 heavy (non-hydrogen) atoms. The number of benzene rings is 1. The maximum Gasteiger partial charge on any atom is 0.305 e. The zero-order valence-electron chi connectivity index (χ0n) is 9.54. The molecule has 0 aliphatic rings. The Morgan fingerprint density at radius 2 is 2.24 bits per heavy atom. The predicted octanol–water partition coefficient (Wildman–Crippen LogP) is 3.31. The molecule has 0 aliphatic heterocycles. The lowest BCUT2D eigenvalue weighted by atomic mass is 10.3. The van der Waals surface area contributed by atoms with Crippen LogP contribution in [0.4, 0.5) is 4.39 Å². The smallest absolute Gasteiger partial charge is 0.305 e. The minimum atomic E-state index is -0.368. The van der Waals surface area contributed by atoms with Crippen molar-refractivity contribution in [1.82, 2.24) is 0 Å². The summed E-state index contributed by atoms with van der Waals surface area (Å²) in [7, 11) is 0. The van der Waals surface area contributed by atoms with Gasteiger partial charge in [-0.2, -0.15) is 0 Å². The van der Waals surface area contributed by atoms with Gasteiger partial charge < -0.3 is 9.47 Å². The summed E-state index contributed by atoms with van der Waals surface area (Å²) in [5.74, 6) is -0.152. The third-order valence-electron chi connectivity index (χ3n) is 1.99. The Morgan fingerprint density at radius 3 is 2.88 bits per heavy atom. The molecule has 0 bridgehead atoms. The lowest BCUT2D eigenvalue weighted by Gasteiger charge is -2.06. The summed E-state index contributed by atoms with van der Waals surface area (Å²) in [5, 5.41) is 0. The standard InChI is InChI=1S/C12H14BrFO3/c1-2-16-12(15)4-3-7-17-9-5-6-10(13)11(14)8-9/h5-6,8H,2-4,7H2,1H3. The molecule has 0 aromatic heterocycles. The Morgan fingerprint density at radius 1 is 1.47 bits per heavy atom. The molecule has 0 fully saturated rings.